The second-order valence-electron chi connectivity index (χ2n) is 13.1. The van der Waals surface area contributed by atoms with E-state index in [0.29, 0.717) is 5.95 Å². The third-order valence-electron chi connectivity index (χ3n) is 10.3. The smallest absolute Gasteiger partial charge is 0.236 e. The highest BCUT2D eigenvalue weighted by Gasteiger charge is 2.22. The van der Waals surface area contributed by atoms with Crippen LogP contribution < -0.4 is 0 Å². The normalized spacial score (nSPS) is 12.3. The van der Waals surface area contributed by atoms with Gasteiger partial charge >= 0.3 is 0 Å². The molecule has 0 radical (unpaired) electrons. The minimum absolute atomic E-state index is 0.637. The lowest BCUT2D eigenvalue weighted by molar-refractivity contribution is 0.999. The first-order valence-corrected chi connectivity index (χ1v) is 17.1. The average molecular weight is 655 g/mol. The van der Waals surface area contributed by atoms with Crippen LogP contribution in [0.3, 0.4) is 0 Å². The zero-order valence-corrected chi connectivity index (χ0v) is 27.1. The van der Waals surface area contributed by atoms with E-state index in [2.05, 4.69) is 168 Å². The first-order chi connectivity index (χ1) is 25.3. The first-order valence-electron chi connectivity index (χ1n) is 17.1. The van der Waals surface area contributed by atoms with Gasteiger partial charge in [0.15, 0.2) is 5.65 Å². The van der Waals surface area contributed by atoms with E-state index in [9.17, 15) is 0 Å². The quantitative estimate of drug-likeness (QED) is 0.191. The summed E-state index contributed by atoms with van der Waals surface area (Å²) in [6.45, 7) is 0. The molecule has 0 saturated carbocycles. The molecule has 0 aliphatic rings. The Kier molecular flexibility index (Phi) is 5.09. The minimum Gasteiger partial charge on any atom is -0.291 e. The van der Waals surface area contributed by atoms with E-state index in [-0.39, 0.29) is 0 Å². The molecule has 0 atom stereocenters. The van der Waals surface area contributed by atoms with Gasteiger partial charge in [0.1, 0.15) is 11.2 Å². The summed E-state index contributed by atoms with van der Waals surface area (Å²) >= 11 is 0. The maximum Gasteiger partial charge on any atom is 0.236 e. The van der Waals surface area contributed by atoms with Gasteiger partial charge in [-0.1, -0.05) is 84.9 Å². The van der Waals surface area contributed by atoms with Crippen molar-refractivity contribution in [1.29, 1.82) is 0 Å². The first kappa shape index (κ1) is 26.7. The average Bonchev–Trinajstić information content (AvgIpc) is 3.97. The van der Waals surface area contributed by atoms with Crippen LogP contribution in [0.5, 0.6) is 0 Å². The maximum atomic E-state index is 5.37. The molecule has 0 amide bonds. The zero-order valence-electron chi connectivity index (χ0n) is 27.1. The van der Waals surface area contributed by atoms with Crippen molar-refractivity contribution in [2.75, 3.05) is 0 Å². The van der Waals surface area contributed by atoms with Crippen LogP contribution in [-0.4, -0.2) is 37.5 Å². The topological polar surface area (TPSA) is 62.3 Å². The molecular formula is C43H26N8. The summed E-state index contributed by atoms with van der Waals surface area (Å²) in [5.41, 5.74) is 12.3. The molecule has 6 heterocycles. The van der Waals surface area contributed by atoms with Crippen molar-refractivity contribution in [3.8, 4) is 17.3 Å². The predicted molar refractivity (Wildman–Crippen MR) is 205 cm³/mol. The Bertz CT molecular complexity index is 3330. The summed E-state index contributed by atoms with van der Waals surface area (Å²) < 4.78 is 11.2. The fourth-order valence-corrected chi connectivity index (χ4v) is 8.22. The van der Waals surface area contributed by atoms with E-state index in [1.54, 1.807) is 0 Å². The third-order valence-corrected chi connectivity index (χ3v) is 10.3. The lowest BCUT2D eigenvalue weighted by Gasteiger charge is -2.11. The molecule has 0 unspecified atom stereocenters. The fourth-order valence-electron chi connectivity index (χ4n) is 8.22. The summed E-state index contributed by atoms with van der Waals surface area (Å²) in [6, 6.07) is 53.2. The molecule has 12 rings (SSSR count). The number of hydrogen-bond acceptors (Lipinski definition) is 3. The van der Waals surface area contributed by atoms with Gasteiger partial charge in [-0.3, -0.25) is 22.5 Å². The van der Waals surface area contributed by atoms with E-state index < -0.39 is 0 Å². The van der Waals surface area contributed by atoms with Crippen molar-refractivity contribution in [2.45, 2.75) is 0 Å². The molecule has 238 valence electrons. The summed E-state index contributed by atoms with van der Waals surface area (Å²) in [7, 11) is 0. The van der Waals surface area contributed by atoms with E-state index in [1.807, 2.05) is 12.3 Å². The molecule has 0 spiro atoms. The van der Waals surface area contributed by atoms with Gasteiger partial charge in [-0.05, 0) is 66.7 Å². The number of imidazole rings is 3. The Morgan fingerprint density at radius 3 is 1.82 bits per heavy atom. The number of para-hydroxylation sites is 7. The maximum absolute atomic E-state index is 5.37. The Balaban J connectivity index is 1.14. The highest BCUT2D eigenvalue weighted by atomic mass is 15.2. The lowest BCUT2D eigenvalue weighted by Crippen LogP contribution is -2.02. The van der Waals surface area contributed by atoms with Crippen molar-refractivity contribution in [2.24, 2.45) is 0 Å². The molecule has 0 aliphatic heterocycles. The second kappa shape index (κ2) is 9.71. The van der Waals surface area contributed by atoms with Crippen LogP contribution in [0.1, 0.15) is 0 Å². The van der Waals surface area contributed by atoms with E-state index in [0.717, 1.165) is 78.0 Å². The number of aromatic nitrogens is 8. The second-order valence-corrected chi connectivity index (χ2v) is 13.1. The standard InChI is InChI=1S/C43H26N8/c1-5-18-33-27(12-1)24-40-47(39-26-44-42(46-41(39)51(33)40)49-34-19-6-2-15-30(34)31-16-3-7-20-35(31)49)28-13-11-14-29(25-28)48-37-22-9-10-23-38(37)50-36-21-8-4-17-32(36)45-43(48)50/h1-26H. The molecule has 0 aliphatic carbocycles. The van der Waals surface area contributed by atoms with Crippen LogP contribution in [-0.2, 0) is 0 Å². The van der Waals surface area contributed by atoms with E-state index in [4.69, 9.17) is 15.0 Å². The van der Waals surface area contributed by atoms with Crippen LogP contribution >= 0.6 is 0 Å². The van der Waals surface area contributed by atoms with Crippen LogP contribution in [0, 0.1) is 0 Å². The molecular weight excluding hydrogens is 629 g/mol. The van der Waals surface area contributed by atoms with Gasteiger partial charge in [-0.25, -0.2) is 9.97 Å². The molecule has 6 aromatic carbocycles. The van der Waals surface area contributed by atoms with Crippen LogP contribution in [0.15, 0.2) is 158 Å². The SMILES string of the molecule is c1cc(-n2c3cnc(-n4c5ccccc5c5ccccc54)nc3n3c4ccccc4cc23)cc(-n2c3ccccc3n3c4ccccc4nc23)c1. The molecule has 0 fully saturated rings. The van der Waals surface area contributed by atoms with Crippen molar-refractivity contribution in [1.82, 2.24) is 37.5 Å². The fraction of sp³-hybridized carbons (Fsp3) is 0. The van der Waals surface area contributed by atoms with Gasteiger partial charge in [0, 0.05) is 21.8 Å². The molecule has 0 saturated heterocycles. The molecule has 0 N–H and O–H groups in total. The minimum atomic E-state index is 0.637. The largest absolute Gasteiger partial charge is 0.291 e. The summed E-state index contributed by atoms with van der Waals surface area (Å²) in [5, 5.41) is 3.51. The molecule has 12 aromatic rings. The van der Waals surface area contributed by atoms with Gasteiger partial charge in [-0.2, -0.15) is 4.98 Å². The third kappa shape index (κ3) is 3.50. The van der Waals surface area contributed by atoms with Crippen LogP contribution in [0.25, 0.3) is 94.7 Å². The van der Waals surface area contributed by atoms with Crippen LogP contribution in [0.4, 0.5) is 0 Å². The number of benzene rings is 6. The monoisotopic (exact) mass is 654 g/mol. The van der Waals surface area contributed by atoms with Crippen molar-refractivity contribution >= 4 is 77.4 Å². The summed E-state index contributed by atoms with van der Waals surface area (Å²) in [6.07, 6.45) is 1.97. The van der Waals surface area contributed by atoms with Crippen LogP contribution in [0.2, 0.25) is 0 Å². The Hall–Kier alpha value is -7.19. The highest BCUT2D eigenvalue weighted by molar-refractivity contribution is 6.09. The van der Waals surface area contributed by atoms with Gasteiger partial charge < -0.3 is 0 Å². The van der Waals surface area contributed by atoms with Crippen molar-refractivity contribution in [3.63, 3.8) is 0 Å². The Morgan fingerprint density at radius 1 is 0.412 bits per heavy atom. The lowest BCUT2D eigenvalue weighted by atomic mass is 10.2. The molecule has 8 heteroatoms. The molecule has 6 aromatic heterocycles. The number of hydrogen-bond donors (Lipinski definition) is 0. The number of rotatable bonds is 3. The predicted octanol–water partition coefficient (Wildman–Crippen LogP) is 9.67. The van der Waals surface area contributed by atoms with Crippen molar-refractivity contribution < 1.29 is 0 Å². The zero-order chi connectivity index (χ0) is 33.2. The van der Waals surface area contributed by atoms with E-state index >= 15 is 0 Å². The van der Waals surface area contributed by atoms with E-state index in [1.165, 1.54) is 10.8 Å². The summed E-state index contributed by atoms with van der Waals surface area (Å²) in [4.78, 5) is 15.6. The molecule has 8 nitrogen and oxygen atoms in total. The van der Waals surface area contributed by atoms with Gasteiger partial charge in [0.05, 0.1) is 50.5 Å². The Labute approximate surface area is 289 Å². The number of fused-ring (bicyclic) bond motifs is 13. The highest BCUT2D eigenvalue weighted by Crippen LogP contribution is 2.35. The Morgan fingerprint density at radius 2 is 1.04 bits per heavy atom. The molecule has 51 heavy (non-hydrogen) atoms. The van der Waals surface area contributed by atoms with Gasteiger partial charge in [0.25, 0.3) is 0 Å². The van der Waals surface area contributed by atoms with Gasteiger partial charge in [0.2, 0.25) is 11.7 Å². The van der Waals surface area contributed by atoms with Gasteiger partial charge in [-0.15, -0.1) is 0 Å². The van der Waals surface area contributed by atoms with Crippen molar-refractivity contribution in [3.05, 3.63) is 158 Å². The number of nitrogens with zero attached hydrogens (tertiary/aromatic N) is 8. The molecule has 0 bridgehead atoms. The summed E-state index contributed by atoms with van der Waals surface area (Å²) in [5.74, 6) is 1.52.